The number of phenols is 2. The summed E-state index contributed by atoms with van der Waals surface area (Å²) in [7, 11) is 0. The maximum Gasteiger partial charge on any atom is 0.348 e. The minimum Gasteiger partial charge on any atom is -0.507 e. The number of aromatic hydroxyl groups is 2. The highest BCUT2D eigenvalue weighted by Crippen LogP contribution is 2.59. The molecule has 2 aromatic rings. The normalized spacial score (nSPS) is 20.9. The smallest absolute Gasteiger partial charge is 0.348 e. The van der Waals surface area contributed by atoms with Gasteiger partial charge in [-0.05, 0) is 25.5 Å². The second-order valence-corrected chi connectivity index (χ2v) is 6.59. The fourth-order valence-electron chi connectivity index (χ4n) is 3.48. The summed E-state index contributed by atoms with van der Waals surface area (Å²) in [6.45, 7) is 7.74. The molecule has 22 heavy (non-hydrogen) atoms. The highest BCUT2D eigenvalue weighted by Gasteiger charge is 2.46. The molecule has 2 N–H and O–H groups in total. The fraction of sp³-hybridized carbons (Fsp3) is 0.353. The SMILES string of the molecule is Cc1cc(O)c2c3c(c(O)c4c(c13)O[C@@H](C)C4(C)C)OC2=O. The molecule has 0 aromatic heterocycles. The number of phenolic OH excluding ortho intramolecular Hbond substituents is 2. The fourth-order valence-corrected chi connectivity index (χ4v) is 3.48. The topological polar surface area (TPSA) is 76.0 Å². The van der Waals surface area contributed by atoms with Crippen molar-refractivity contribution < 1.29 is 24.5 Å². The van der Waals surface area contributed by atoms with E-state index in [1.54, 1.807) is 0 Å². The molecule has 4 rings (SSSR count). The predicted molar refractivity (Wildman–Crippen MR) is 80.1 cm³/mol. The van der Waals surface area contributed by atoms with E-state index in [9.17, 15) is 15.0 Å². The first-order valence-electron chi connectivity index (χ1n) is 7.19. The molecule has 5 nitrogen and oxygen atoms in total. The van der Waals surface area contributed by atoms with Gasteiger partial charge in [0.15, 0.2) is 11.5 Å². The summed E-state index contributed by atoms with van der Waals surface area (Å²) >= 11 is 0. The maximum absolute atomic E-state index is 12.1. The van der Waals surface area contributed by atoms with Crippen LogP contribution < -0.4 is 9.47 Å². The second kappa shape index (κ2) is 3.66. The molecule has 2 aliphatic rings. The first kappa shape index (κ1) is 13.2. The van der Waals surface area contributed by atoms with Crippen LogP contribution in [0, 0.1) is 6.92 Å². The van der Waals surface area contributed by atoms with Crippen LogP contribution in [0.15, 0.2) is 6.07 Å². The molecule has 0 saturated heterocycles. The Hall–Kier alpha value is -2.43. The van der Waals surface area contributed by atoms with Gasteiger partial charge in [-0.3, -0.25) is 0 Å². The molecule has 0 bridgehead atoms. The monoisotopic (exact) mass is 300 g/mol. The average molecular weight is 300 g/mol. The first-order chi connectivity index (χ1) is 10.2. The lowest BCUT2D eigenvalue weighted by molar-refractivity contribution is 0.0747. The van der Waals surface area contributed by atoms with Crippen LogP contribution in [0.2, 0.25) is 0 Å². The van der Waals surface area contributed by atoms with E-state index in [-0.39, 0.29) is 28.9 Å². The molecular formula is C17H16O5. The molecular weight excluding hydrogens is 284 g/mol. The van der Waals surface area contributed by atoms with Gasteiger partial charge in [0.05, 0.1) is 5.39 Å². The van der Waals surface area contributed by atoms with E-state index in [1.165, 1.54) is 6.07 Å². The Balaban J connectivity index is 2.27. The van der Waals surface area contributed by atoms with Crippen LogP contribution >= 0.6 is 0 Å². The van der Waals surface area contributed by atoms with Crippen LogP contribution in [0.5, 0.6) is 23.0 Å². The third-order valence-electron chi connectivity index (χ3n) is 4.99. The lowest BCUT2D eigenvalue weighted by Gasteiger charge is -2.22. The van der Waals surface area contributed by atoms with Gasteiger partial charge in [-0.25, -0.2) is 4.79 Å². The van der Waals surface area contributed by atoms with Crippen molar-refractivity contribution in [2.75, 3.05) is 0 Å². The standard InChI is InChI=1S/C17H16O5/c1-6-5-8(18)10-11-9(6)14-12(17(3,4)7(2)21-14)13(19)15(11)22-16(10)20/h5,7,18-19H,1-4H3/t7-/m0/s1. The van der Waals surface area contributed by atoms with Gasteiger partial charge in [-0.15, -0.1) is 0 Å². The second-order valence-electron chi connectivity index (χ2n) is 6.59. The van der Waals surface area contributed by atoms with Gasteiger partial charge in [0, 0.05) is 16.4 Å². The Bertz CT molecular complexity index is 879. The summed E-state index contributed by atoms with van der Waals surface area (Å²) in [6.07, 6.45) is -0.126. The van der Waals surface area contributed by atoms with Crippen molar-refractivity contribution in [1.82, 2.24) is 0 Å². The molecule has 0 radical (unpaired) electrons. The Morgan fingerprint density at radius 2 is 1.86 bits per heavy atom. The van der Waals surface area contributed by atoms with Gasteiger partial charge in [-0.1, -0.05) is 13.8 Å². The number of carbonyl (C=O) groups is 1. The molecule has 0 fully saturated rings. The molecule has 0 aliphatic carbocycles. The number of fused-ring (bicyclic) bond motifs is 2. The predicted octanol–water partition coefficient (Wildman–Crippen LogP) is 3.15. The zero-order chi connectivity index (χ0) is 16.0. The summed E-state index contributed by atoms with van der Waals surface area (Å²) < 4.78 is 11.2. The van der Waals surface area contributed by atoms with Crippen molar-refractivity contribution in [2.24, 2.45) is 0 Å². The van der Waals surface area contributed by atoms with Crippen LogP contribution in [0.25, 0.3) is 10.8 Å². The van der Waals surface area contributed by atoms with Crippen LogP contribution in [0.3, 0.4) is 0 Å². The highest BCUT2D eigenvalue weighted by molar-refractivity contribution is 6.18. The number of aryl methyl sites for hydroxylation is 1. The largest absolute Gasteiger partial charge is 0.507 e. The van der Waals surface area contributed by atoms with Crippen molar-refractivity contribution in [3.05, 3.63) is 22.8 Å². The summed E-state index contributed by atoms with van der Waals surface area (Å²) in [5.41, 5.74) is 1.10. The van der Waals surface area contributed by atoms with E-state index in [0.717, 1.165) is 10.9 Å². The molecule has 114 valence electrons. The number of esters is 1. The summed E-state index contributed by atoms with van der Waals surface area (Å²) in [4.78, 5) is 12.1. The van der Waals surface area contributed by atoms with E-state index in [2.05, 4.69) is 0 Å². The van der Waals surface area contributed by atoms with Gasteiger partial charge >= 0.3 is 5.97 Å². The number of hydrogen-bond acceptors (Lipinski definition) is 5. The highest BCUT2D eigenvalue weighted by atomic mass is 16.5. The Morgan fingerprint density at radius 1 is 1.18 bits per heavy atom. The third-order valence-corrected chi connectivity index (χ3v) is 4.99. The molecule has 1 atom stereocenters. The van der Waals surface area contributed by atoms with Gasteiger partial charge in [-0.2, -0.15) is 0 Å². The van der Waals surface area contributed by atoms with Gasteiger partial charge in [0.25, 0.3) is 0 Å². The summed E-state index contributed by atoms with van der Waals surface area (Å²) in [5, 5.41) is 21.9. The van der Waals surface area contributed by atoms with Crippen LogP contribution in [-0.2, 0) is 5.41 Å². The molecule has 5 heteroatoms. The number of ether oxygens (including phenoxy) is 2. The number of carbonyl (C=O) groups excluding carboxylic acids is 1. The van der Waals surface area contributed by atoms with E-state index < -0.39 is 11.4 Å². The van der Waals surface area contributed by atoms with E-state index in [1.807, 2.05) is 27.7 Å². The molecule has 2 heterocycles. The molecule has 0 saturated carbocycles. The molecule has 0 unspecified atom stereocenters. The van der Waals surface area contributed by atoms with Crippen molar-refractivity contribution in [1.29, 1.82) is 0 Å². The van der Waals surface area contributed by atoms with Crippen molar-refractivity contribution in [3.8, 4) is 23.0 Å². The minimum atomic E-state index is -0.651. The van der Waals surface area contributed by atoms with Crippen molar-refractivity contribution in [2.45, 2.75) is 39.2 Å². The van der Waals surface area contributed by atoms with Crippen LogP contribution in [-0.4, -0.2) is 22.3 Å². The lowest BCUT2D eigenvalue weighted by Crippen LogP contribution is -2.28. The first-order valence-corrected chi connectivity index (χ1v) is 7.19. The number of hydrogen-bond donors (Lipinski definition) is 2. The number of benzene rings is 2. The molecule has 0 amide bonds. The molecule has 2 aromatic carbocycles. The lowest BCUT2D eigenvalue weighted by atomic mass is 9.79. The average Bonchev–Trinajstić information content (AvgIpc) is 2.86. The van der Waals surface area contributed by atoms with Crippen molar-refractivity contribution in [3.63, 3.8) is 0 Å². The zero-order valence-corrected chi connectivity index (χ0v) is 12.8. The zero-order valence-electron chi connectivity index (χ0n) is 12.8. The van der Waals surface area contributed by atoms with E-state index >= 15 is 0 Å². The van der Waals surface area contributed by atoms with E-state index in [4.69, 9.17) is 9.47 Å². The minimum absolute atomic E-state index is 0.0750. The van der Waals surface area contributed by atoms with Crippen molar-refractivity contribution >= 4 is 16.7 Å². The van der Waals surface area contributed by atoms with E-state index in [0.29, 0.717) is 16.7 Å². The van der Waals surface area contributed by atoms with Crippen LogP contribution in [0.1, 0.15) is 42.3 Å². The van der Waals surface area contributed by atoms with Crippen LogP contribution in [0.4, 0.5) is 0 Å². The number of rotatable bonds is 0. The van der Waals surface area contributed by atoms with Gasteiger partial charge in [0.2, 0.25) is 0 Å². The molecule has 0 spiro atoms. The molecule has 2 aliphatic heterocycles. The van der Waals surface area contributed by atoms with Gasteiger partial charge in [0.1, 0.15) is 23.2 Å². The maximum atomic E-state index is 12.1. The third kappa shape index (κ3) is 1.27. The Labute approximate surface area is 127 Å². The Kier molecular flexibility index (Phi) is 2.20. The van der Waals surface area contributed by atoms with Gasteiger partial charge < -0.3 is 19.7 Å². The summed E-state index contributed by atoms with van der Waals surface area (Å²) in [5.74, 6) is -0.168. The summed E-state index contributed by atoms with van der Waals surface area (Å²) in [6, 6.07) is 1.53. The quantitative estimate of drug-likeness (QED) is 0.577. The Morgan fingerprint density at radius 3 is 2.55 bits per heavy atom.